The van der Waals surface area contributed by atoms with Crippen molar-refractivity contribution in [1.29, 1.82) is 0 Å². The SMILES string of the molecule is O=S(=O)(NC1CCN(Cc2cccc3[nH]ncc23)[C@@H]1c1ccc2c(c1)OCCO2)C1CC1. The molecule has 0 spiro atoms. The van der Waals surface area contributed by atoms with Crippen molar-refractivity contribution < 1.29 is 17.9 Å². The summed E-state index contributed by atoms with van der Waals surface area (Å²) in [4.78, 5) is 2.35. The minimum absolute atomic E-state index is 0.0958. The van der Waals surface area contributed by atoms with E-state index in [4.69, 9.17) is 9.47 Å². The molecule has 1 saturated carbocycles. The monoisotopic (exact) mass is 454 g/mol. The van der Waals surface area contributed by atoms with E-state index in [2.05, 4.69) is 25.9 Å². The zero-order valence-electron chi connectivity index (χ0n) is 17.7. The normalized spacial score (nSPS) is 23.6. The van der Waals surface area contributed by atoms with E-state index in [0.29, 0.717) is 19.8 Å². The maximum Gasteiger partial charge on any atom is 0.214 e. The van der Waals surface area contributed by atoms with Crippen molar-refractivity contribution in [3.63, 3.8) is 0 Å². The number of fused-ring (bicyclic) bond motifs is 2. The minimum Gasteiger partial charge on any atom is -0.486 e. The number of benzene rings is 2. The first-order valence-electron chi connectivity index (χ1n) is 11.1. The quantitative estimate of drug-likeness (QED) is 0.595. The first-order chi connectivity index (χ1) is 15.6. The lowest BCUT2D eigenvalue weighted by atomic mass is 9.99. The number of H-pyrrole nitrogens is 1. The Morgan fingerprint density at radius 2 is 1.94 bits per heavy atom. The Balaban J connectivity index is 1.35. The number of hydrogen-bond acceptors (Lipinski definition) is 6. The summed E-state index contributed by atoms with van der Waals surface area (Å²) in [5.74, 6) is 1.46. The number of aromatic amines is 1. The fourth-order valence-electron chi connectivity index (χ4n) is 4.92. The predicted octanol–water partition coefficient (Wildman–Crippen LogP) is 2.73. The smallest absolute Gasteiger partial charge is 0.214 e. The standard InChI is InChI=1S/C23H26N4O4S/c28-32(29,17-5-6-17)26-20-8-9-27(14-16-2-1-3-19-18(16)13-24-25-19)23(20)15-4-7-21-22(12-15)31-11-10-30-21/h1-4,7,12-13,17,20,23,26H,5-6,8-11,14H2,(H,24,25)/t20?,23-/m1/s1. The summed E-state index contributed by atoms with van der Waals surface area (Å²) in [6.45, 7) is 2.56. The van der Waals surface area contributed by atoms with E-state index in [9.17, 15) is 8.42 Å². The zero-order chi connectivity index (χ0) is 21.7. The molecule has 2 N–H and O–H groups in total. The topological polar surface area (TPSA) is 96.6 Å². The van der Waals surface area contributed by atoms with E-state index in [1.54, 1.807) is 0 Å². The first kappa shape index (κ1) is 20.0. The second kappa shape index (κ2) is 7.75. The molecule has 3 aromatic rings. The molecule has 2 atom stereocenters. The van der Waals surface area contributed by atoms with Crippen LogP contribution >= 0.6 is 0 Å². The molecule has 0 radical (unpaired) electrons. The van der Waals surface area contributed by atoms with Gasteiger partial charge in [-0.05, 0) is 48.6 Å². The first-order valence-corrected chi connectivity index (χ1v) is 12.7. The molecule has 1 aliphatic carbocycles. The highest BCUT2D eigenvalue weighted by Gasteiger charge is 2.42. The lowest BCUT2D eigenvalue weighted by molar-refractivity contribution is 0.170. The zero-order valence-corrected chi connectivity index (χ0v) is 18.5. The molecule has 3 heterocycles. The highest BCUT2D eigenvalue weighted by atomic mass is 32.2. The van der Waals surface area contributed by atoms with Gasteiger partial charge in [0.2, 0.25) is 10.0 Å². The van der Waals surface area contributed by atoms with Gasteiger partial charge in [0.05, 0.1) is 23.0 Å². The van der Waals surface area contributed by atoms with Crippen molar-refractivity contribution in [1.82, 2.24) is 19.8 Å². The van der Waals surface area contributed by atoms with E-state index >= 15 is 0 Å². The van der Waals surface area contributed by atoms with Gasteiger partial charge in [0.1, 0.15) is 13.2 Å². The summed E-state index contributed by atoms with van der Waals surface area (Å²) in [6.07, 6.45) is 4.12. The fourth-order valence-corrected chi connectivity index (χ4v) is 6.53. The fraction of sp³-hybridized carbons (Fsp3) is 0.435. The van der Waals surface area contributed by atoms with Gasteiger partial charge in [-0.15, -0.1) is 0 Å². The van der Waals surface area contributed by atoms with Crippen LogP contribution in [-0.4, -0.2) is 54.6 Å². The molecule has 8 nitrogen and oxygen atoms in total. The Hall–Kier alpha value is -2.62. The summed E-state index contributed by atoms with van der Waals surface area (Å²) in [5.41, 5.74) is 3.21. The van der Waals surface area contributed by atoms with Crippen molar-refractivity contribution in [2.45, 2.75) is 43.1 Å². The Morgan fingerprint density at radius 1 is 1.09 bits per heavy atom. The van der Waals surface area contributed by atoms with Gasteiger partial charge in [0, 0.05) is 24.5 Å². The highest BCUT2D eigenvalue weighted by Crippen LogP contribution is 2.40. The second-order valence-corrected chi connectivity index (χ2v) is 10.8. The number of likely N-dealkylation sites (tertiary alicyclic amines) is 1. The van der Waals surface area contributed by atoms with Crippen LogP contribution in [0.5, 0.6) is 11.5 Å². The number of ether oxygens (including phenoxy) is 2. The predicted molar refractivity (Wildman–Crippen MR) is 120 cm³/mol. The average molecular weight is 455 g/mol. The van der Waals surface area contributed by atoms with Gasteiger partial charge in [-0.25, -0.2) is 13.1 Å². The maximum atomic E-state index is 12.8. The Morgan fingerprint density at radius 3 is 2.78 bits per heavy atom. The molecule has 1 unspecified atom stereocenters. The van der Waals surface area contributed by atoms with Gasteiger partial charge < -0.3 is 9.47 Å². The maximum absolute atomic E-state index is 12.8. The number of nitrogens with zero attached hydrogens (tertiary/aromatic N) is 2. The van der Waals surface area contributed by atoms with Crippen molar-refractivity contribution in [3.05, 3.63) is 53.7 Å². The van der Waals surface area contributed by atoms with E-state index in [0.717, 1.165) is 53.8 Å². The van der Waals surface area contributed by atoms with Crippen molar-refractivity contribution >= 4 is 20.9 Å². The molecule has 32 heavy (non-hydrogen) atoms. The molecule has 168 valence electrons. The average Bonchev–Trinajstić information content (AvgIpc) is 3.44. The van der Waals surface area contributed by atoms with E-state index in [1.165, 1.54) is 5.56 Å². The van der Waals surface area contributed by atoms with Crippen LogP contribution in [0.3, 0.4) is 0 Å². The minimum atomic E-state index is -3.30. The van der Waals surface area contributed by atoms with Crippen LogP contribution in [0.15, 0.2) is 42.6 Å². The Kier molecular flexibility index (Phi) is 4.85. The summed E-state index contributed by atoms with van der Waals surface area (Å²) < 4.78 is 40.1. The Bertz CT molecular complexity index is 1250. The second-order valence-electron chi connectivity index (χ2n) is 8.82. The number of rotatable bonds is 6. The van der Waals surface area contributed by atoms with Crippen LogP contribution in [0.2, 0.25) is 0 Å². The Labute approximate surface area is 186 Å². The molecule has 9 heteroatoms. The number of hydrogen-bond donors (Lipinski definition) is 2. The number of aromatic nitrogens is 2. The van der Waals surface area contributed by atoms with Gasteiger partial charge in [-0.1, -0.05) is 18.2 Å². The molecule has 2 fully saturated rings. The van der Waals surface area contributed by atoms with E-state index < -0.39 is 10.0 Å². The molecule has 1 saturated heterocycles. The molecule has 2 aromatic carbocycles. The summed E-state index contributed by atoms with van der Waals surface area (Å²) in [6, 6.07) is 11.8. The lowest BCUT2D eigenvalue weighted by Crippen LogP contribution is -2.41. The molecule has 6 rings (SSSR count). The summed E-state index contributed by atoms with van der Waals surface area (Å²) >= 11 is 0. The van der Waals surface area contributed by atoms with Crippen molar-refractivity contribution in [2.75, 3.05) is 19.8 Å². The van der Waals surface area contributed by atoms with E-state index in [-0.39, 0.29) is 17.3 Å². The van der Waals surface area contributed by atoms with Crippen LogP contribution < -0.4 is 14.2 Å². The molecular formula is C23H26N4O4S. The third-order valence-electron chi connectivity index (χ3n) is 6.64. The van der Waals surface area contributed by atoms with Crippen LogP contribution in [-0.2, 0) is 16.6 Å². The molecule has 2 aliphatic heterocycles. The van der Waals surface area contributed by atoms with Crippen molar-refractivity contribution in [3.8, 4) is 11.5 Å². The third kappa shape index (κ3) is 3.64. The lowest BCUT2D eigenvalue weighted by Gasteiger charge is -2.30. The van der Waals surface area contributed by atoms with Crippen LogP contribution in [0.4, 0.5) is 0 Å². The van der Waals surface area contributed by atoms with Crippen LogP contribution in [0.25, 0.3) is 10.9 Å². The van der Waals surface area contributed by atoms with Gasteiger partial charge in [-0.3, -0.25) is 10.00 Å². The molecule has 3 aliphatic rings. The summed E-state index contributed by atoms with van der Waals surface area (Å²) in [7, 11) is -3.30. The molecule has 1 aromatic heterocycles. The van der Waals surface area contributed by atoms with Gasteiger partial charge in [0.25, 0.3) is 0 Å². The number of nitrogens with one attached hydrogen (secondary N) is 2. The third-order valence-corrected chi connectivity index (χ3v) is 8.62. The largest absolute Gasteiger partial charge is 0.486 e. The molecule has 0 bridgehead atoms. The van der Waals surface area contributed by atoms with E-state index in [1.807, 2.05) is 36.5 Å². The molecular weight excluding hydrogens is 428 g/mol. The van der Waals surface area contributed by atoms with Gasteiger partial charge >= 0.3 is 0 Å². The van der Waals surface area contributed by atoms with Gasteiger partial charge in [0.15, 0.2) is 11.5 Å². The summed E-state index contributed by atoms with van der Waals surface area (Å²) in [5, 5.41) is 8.07. The van der Waals surface area contributed by atoms with Crippen LogP contribution in [0.1, 0.15) is 36.4 Å². The highest BCUT2D eigenvalue weighted by molar-refractivity contribution is 7.90. The molecule has 0 amide bonds. The van der Waals surface area contributed by atoms with Gasteiger partial charge in [-0.2, -0.15) is 5.10 Å². The van der Waals surface area contributed by atoms with Crippen LogP contribution in [0, 0.1) is 0 Å². The van der Waals surface area contributed by atoms with Crippen molar-refractivity contribution in [2.24, 2.45) is 0 Å². The number of sulfonamides is 1.